The lowest BCUT2D eigenvalue weighted by molar-refractivity contribution is 0.516. The highest BCUT2D eigenvalue weighted by Gasteiger charge is 2.24. The summed E-state index contributed by atoms with van der Waals surface area (Å²) >= 11 is 3.26. The standard InChI is InChI=1S/C11H16BrN3O/c1-5-6-15(11(2,3)4)9-8(12)10(16)14-7-13-9/h5,7H,1,6H2,2-4H3,(H,13,14,16). The zero-order chi connectivity index (χ0) is 12.3. The van der Waals surface area contributed by atoms with Crippen molar-refractivity contribution in [2.24, 2.45) is 0 Å². The van der Waals surface area contributed by atoms with Gasteiger partial charge in [0.05, 0.1) is 6.33 Å². The molecule has 0 aliphatic heterocycles. The lowest BCUT2D eigenvalue weighted by Gasteiger charge is -2.36. The second kappa shape index (κ2) is 4.82. The topological polar surface area (TPSA) is 49.0 Å². The molecular formula is C11H16BrN3O. The Morgan fingerprint density at radius 1 is 1.62 bits per heavy atom. The fourth-order valence-electron chi connectivity index (χ4n) is 1.37. The number of aromatic amines is 1. The molecule has 88 valence electrons. The Kier molecular flexibility index (Phi) is 3.91. The van der Waals surface area contributed by atoms with Gasteiger partial charge in [-0.1, -0.05) is 6.08 Å². The van der Waals surface area contributed by atoms with Crippen LogP contribution in [0, 0.1) is 0 Å². The summed E-state index contributed by atoms with van der Waals surface area (Å²) < 4.78 is 0.451. The van der Waals surface area contributed by atoms with Gasteiger partial charge in [-0.15, -0.1) is 6.58 Å². The van der Waals surface area contributed by atoms with E-state index in [0.717, 1.165) is 0 Å². The molecule has 0 spiro atoms. The summed E-state index contributed by atoms with van der Waals surface area (Å²) in [7, 11) is 0. The highest BCUT2D eigenvalue weighted by atomic mass is 79.9. The molecule has 4 nitrogen and oxygen atoms in total. The molecular weight excluding hydrogens is 270 g/mol. The largest absolute Gasteiger partial charge is 0.347 e. The molecule has 0 aliphatic rings. The predicted molar refractivity (Wildman–Crippen MR) is 69.9 cm³/mol. The second-order valence-corrected chi connectivity index (χ2v) is 5.23. The Morgan fingerprint density at radius 2 is 2.25 bits per heavy atom. The molecule has 0 amide bonds. The summed E-state index contributed by atoms with van der Waals surface area (Å²) in [5, 5.41) is 0. The first-order valence-electron chi connectivity index (χ1n) is 4.99. The minimum atomic E-state index is -0.177. The number of anilines is 1. The average molecular weight is 286 g/mol. The first-order chi connectivity index (χ1) is 7.38. The van der Waals surface area contributed by atoms with Crippen LogP contribution in [0.15, 0.2) is 28.2 Å². The van der Waals surface area contributed by atoms with Crippen LogP contribution in [-0.2, 0) is 0 Å². The van der Waals surface area contributed by atoms with Crippen molar-refractivity contribution in [2.75, 3.05) is 11.4 Å². The summed E-state index contributed by atoms with van der Waals surface area (Å²) in [5.41, 5.74) is -0.305. The number of rotatable bonds is 3. The lowest BCUT2D eigenvalue weighted by Crippen LogP contribution is -2.43. The quantitative estimate of drug-likeness (QED) is 0.867. The van der Waals surface area contributed by atoms with E-state index in [1.807, 2.05) is 4.90 Å². The van der Waals surface area contributed by atoms with Crippen molar-refractivity contribution in [1.82, 2.24) is 9.97 Å². The van der Waals surface area contributed by atoms with Gasteiger partial charge in [0.25, 0.3) is 5.56 Å². The van der Waals surface area contributed by atoms with E-state index in [2.05, 4.69) is 53.2 Å². The van der Waals surface area contributed by atoms with Gasteiger partial charge in [-0.05, 0) is 36.7 Å². The van der Waals surface area contributed by atoms with Crippen molar-refractivity contribution >= 4 is 21.7 Å². The van der Waals surface area contributed by atoms with Crippen molar-refractivity contribution in [3.8, 4) is 0 Å². The van der Waals surface area contributed by atoms with Gasteiger partial charge in [0.1, 0.15) is 4.47 Å². The Bertz CT molecular complexity index is 434. The van der Waals surface area contributed by atoms with Crippen LogP contribution in [0.25, 0.3) is 0 Å². The fourth-order valence-corrected chi connectivity index (χ4v) is 1.80. The summed E-state index contributed by atoms with van der Waals surface area (Å²) in [6.07, 6.45) is 3.20. The van der Waals surface area contributed by atoms with E-state index in [1.54, 1.807) is 6.08 Å². The van der Waals surface area contributed by atoms with Crippen molar-refractivity contribution in [3.63, 3.8) is 0 Å². The maximum atomic E-state index is 11.5. The van der Waals surface area contributed by atoms with E-state index in [4.69, 9.17) is 0 Å². The summed E-state index contributed by atoms with van der Waals surface area (Å²) in [4.78, 5) is 20.2. The predicted octanol–water partition coefficient (Wildman–Crippen LogP) is 2.32. The summed E-state index contributed by atoms with van der Waals surface area (Å²) in [6.45, 7) is 10.5. The Morgan fingerprint density at radius 3 is 2.75 bits per heavy atom. The van der Waals surface area contributed by atoms with Crippen LogP contribution in [0.1, 0.15) is 20.8 Å². The van der Waals surface area contributed by atoms with Gasteiger partial charge in [0.15, 0.2) is 5.82 Å². The van der Waals surface area contributed by atoms with Crippen molar-refractivity contribution in [2.45, 2.75) is 26.3 Å². The minimum absolute atomic E-state index is 0.127. The molecule has 0 fully saturated rings. The third-order valence-corrected chi connectivity index (χ3v) is 2.87. The maximum Gasteiger partial charge on any atom is 0.267 e. The number of aromatic nitrogens is 2. The summed E-state index contributed by atoms with van der Waals surface area (Å²) in [5.74, 6) is 0.635. The molecule has 1 N–H and O–H groups in total. The number of nitrogens with one attached hydrogen (secondary N) is 1. The lowest BCUT2D eigenvalue weighted by atomic mass is 10.1. The number of hydrogen-bond donors (Lipinski definition) is 1. The van der Waals surface area contributed by atoms with Gasteiger partial charge in [0.2, 0.25) is 0 Å². The van der Waals surface area contributed by atoms with Crippen molar-refractivity contribution < 1.29 is 0 Å². The van der Waals surface area contributed by atoms with E-state index in [0.29, 0.717) is 16.8 Å². The number of hydrogen-bond acceptors (Lipinski definition) is 3. The van der Waals surface area contributed by atoms with E-state index in [1.165, 1.54) is 6.33 Å². The molecule has 0 saturated heterocycles. The number of halogens is 1. The fraction of sp³-hybridized carbons (Fsp3) is 0.455. The smallest absolute Gasteiger partial charge is 0.267 e. The molecule has 0 saturated carbocycles. The normalized spacial score (nSPS) is 11.2. The van der Waals surface area contributed by atoms with Crippen LogP contribution in [0.2, 0.25) is 0 Å². The van der Waals surface area contributed by atoms with Gasteiger partial charge in [-0.3, -0.25) is 4.79 Å². The third-order valence-electron chi connectivity index (χ3n) is 2.16. The molecule has 16 heavy (non-hydrogen) atoms. The highest BCUT2D eigenvalue weighted by Crippen LogP contribution is 2.25. The SMILES string of the molecule is C=CCN(c1nc[nH]c(=O)c1Br)C(C)(C)C. The van der Waals surface area contributed by atoms with E-state index >= 15 is 0 Å². The molecule has 0 radical (unpaired) electrons. The third kappa shape index (κ3) is 2.72. The number of H-pyrrole nitrogens is 1. The molecule has 0 bridgehead atoms. The van der Waals surface area contributed by atoms with Crippen LogP contribution in [0.4, 0.5) is 5.82 Å². The van der Waals surface area contributed by atoms with Crippen molar-refractivity contribution in [1.29, 1.82) is 0 Å². The first-order valence-corrected chi connectivity index (χ1v) is 5.79. The molecule has 1 rings (SSSR count). The van der Waals surface area contributed by atoms with Crippen molar-refractivity contribution in [3.05, 3.63) is 33.8 Å². The zero-order valence-corrected chi connectivity index (χ0v) is 11.3. The number of nitrogens with zero attached hydrogens (tertiary/aromatic N) is 2. The minimum Gasteiger partial charge on any atom is -0.347 e. The van der Waals surface area contributed by atoms with Gasteiger partial charge < -0.3 is 9.88 Å². The van der Waals surface area contributed by atoms with E-state index in [-0.39, 0.29) is 11.1 Å². The van der Waals surface area contributed by atoms with Crippen LogP contribution in [0.5, 0.6) is 0 Å². The molecule has 0 unspecified atom stereocenters. The van der Waals surface area contributed by atoms with Gasteiger partial charge in [-0.25, -0.2) is 4.98 Å². The molecule has 0 aliphatic carbocycles. The Balaban J connectivity index is 3.26. The zero-order valence-electron chi connectivity index (χ0n) is 9.75. The average Bonchev–Trinajstić information content (AvgIpc) is 2.18. The van der Waals surface area contributed by atoms with Gasteiger partial charge in [-0.2, -0.15) is 0 Å². The van der Waals surface area contributed by atoms with Gasteiger partial charge in [0, 0.05) is 12.1 Å². The van der Waals surface area contributed by atoms with E-state index in [9.17, 15) is 4.79 Å². The molecule has 1 aromatic rings. The van der Waals surface area contributed by atoms with Gasteiger partial charge >= 0.3 is 0 Å². The van der Waals surface area contributed by atoms with Crippen LogP contribution >= 0.6 is 15.9 Å². The highest BCUT2D eigenvalue weighted by molar-refractivity contribution is 9.10. The molecule has 0 aromatic carbocycles. The molecule has 5 heteroatoms. The Labute approximate surface area is 104 Å². The van der Waals surface area contributed by atoms with Crippen LogP contribution < -0.4 is 10.5 Å². The molecule has 0 atom stereocenters. The molecule has 1 aromatic heterocycles. The monoisotopic (exact) mass is 285 g/mol. The van der Waals surface area contributed by atoms with Crippen LogP contribution in [0.3, 0.4) is 0 Å². The van der Waals surface area contributed by atoms with Crippen LogP contribution in [-0.4, -0.2) is 22.1 Å². The summed E-state index contributed by atoms with van der Waals surface area (Å²) in [6, 6.07) is 0. The van der Waals surface area contributed by atoms with E-state index < -0.39 is 0 Å². The maximum absolute atomic E-state index is 11.5. The first kappa shape index (κ1) is 13.0. The Hall–Kier alpha value is -1.10. The second-order valence-electron chi connectivity index (χ2n) is 4.44. The molecule has 1 heterocycles.